The SMILES string of the molecule is COC(=O)CCOc1ccc(OCCC(=O)OC)c(Br)c1. The van der Waals surface area contributed by atoms with Crippen molar-refractivity contribution < 1.29 is 28.5 Å². The zero-order chi connectivity index (χ0) is 15.7. The van der Waals surface area contributed by atoms with Gasteiger partial charge >= 0.3 is 11.9 Å². The number of halogens is 1. The molecule has 0 aliphatic carbocycles. The summed E-state index contributed by atoms with van der Waals surface area (Å²) in [5, 5.41) is 0. The van der Waals surface area contributed by atoms with Crippen LogP contribution in [0.5, 0.6) is 11.5 Å². The van der Waals surface area contributed by atoms with Gasteiger partial charge in [-0.15, -0.1) is 0 Å². The first-order chi connectivity index (χ1) is 10.1. The molecule has 0 aromatic heterocycles. The molecule has 0 atom stereocenters. The lowest BCUT2D eigenvalue weighted by atomic mass is 10.3. The summed E-state index contributed by atoms with van der Waals surface area (Å²) in [6, 6.07) is 5.16. The zero-order valence-corrected chi connectivity index (χ0v) is 13.5. The minimum absolute atomic E-state index is 0.181. The number of benzene rings is 1. The van der Waals surface area contributed by atoms with E-state index in [-0.39, 0.29) is 38.0 Å². The second-order valence-electron chi connectivity index (χ2n) is 3.94. The van der Waals surface area contributed by atoms with Crippen molar-refractivity contribution in [2.75, 3.05) is 27.4 Å². The van der Waals surface area contributed by atoms with Gasteiger partial charge in [0.15, 0.2) is 0 Å². The third-order valence-electron chi connectivity index (χ3n) is 2.50. The van der Waals surface area contributed by atoms with Crippen LogP contribution in [-0.2, 0) is 19.1 Å². The van der Waals surface area contributed by atoms with Crippen LogP contribution in [-0.4, -0.2) is 39.4 Å². The molecule has 116 valence electrons. The molecule has 0 aliphatic rings. The van der Waals surface area contributed by atoms with Gasteiger partial charge in [0.1, 0.15) is 11.5 Å². The van der Waals surface area contributed by atoms with E-state index in [1.165, 1.54) is 14.2 Å². The lowest BCUT2D eigenvalue weighted by Gasteiger charge is -2.10. The van der Waals surface area contributed by atoms with Crippen molar-refractivity contribution in [3.8, 4) is 11.5 Å². The van der Waals surface area contributed by atoms with E-state index in [0.717, 1.165) is 0 Å². The Labute approximate surface area is 131 Å². The highest BCUT2D eigenvalue weighted by Gasteiger charge is 2.07. The van der Waals surface area contributed by atoms with Gasteiger partial charge in [0, 0.05) is 0 Å². The highest BCUT2D eigenvalue weighted by Crippen LogP contribution is 2.29. The Kier molecular flexibility index (Phi) is 7.60. The second-order valence-corrected chi connectivity index (χ2v) is 4.80. The molecule has 1 rings (SSSR count). The summed E-state index contributed by atoms with van der Waals surface area (Å²) in [5.74, 6) is 0.552. The minimum Gasteiger partial charge on any atom is -0.493 e. The Bertz CT molecular complexity index is 488. The first-order valence-electron chi connectivity index (χ1n) is 6.25. The Hall–Kier alpha value is -1.76. The third kappa shape index (κ3) is 6.48. The molecule has 0 saturated carbocycles. The molecule has 0 heterocycles. The van der Waals surface area contributed by atoms with Crippen molar-refractivity contribution in [1.29, 1.82) is 0 Å². The smallest absolute Gasteiger partial charge is 0.308 e. The van der Waals surface area contributed by atoms with E-state index in [1.54, 1.807) is 18.2 Å². The van der Waals surface area contributed by atoms with Gasteiger partial charge in [-0.1, -0.05) is 0 Å². The largest absolute Gasteiger partial charge is 0.493 e. The molecule has 0 saturated heterocycles. The van der Waals surface area contributed by atoms with Crippen LogP contribution in [0.2, 0.25) is 0 Å². The van der Waals surface area contributed by atoms with Crippen molar-refractivity contribution >= 4 is 27.9 Å². The average Bonchev–Trinajstić information content (AvgIpc) is 2.48. The van der Waals surface area contributed by atoms with Gasteiger partial charge < -0.3 is 18.9 Å². The molecule has 0 fully saturated rings. The predicted octanol–water partition coefficient (Wildman–Crippen LogP) is 2.33. The van der Waals surface area contributed by atoms with Gasteiger partial charge in [0.05, 0.1) is 44.7 Å². The highest BCUT2D eigenvalue weighted by molar-refractivity contribution is 9.10. The fraction of sp³-hybridized carbons (Fsp3) is 0.429. The number of rotatable bonds is 8. The first-order valence-corrected chi connectivity index (χ1v) is 7.05. The molecule has 21 heavy (non-hydrogen) atoms. The van der Waals surface area contributed by atoms with Crippen molar-refractivity contribution in [2.45, 2.75) is 12.8 Å². The van der Waals surface area contributed by atoms with E-state index in [9.17, 15) is 9.59 Å². The lowest BCUT2D eigenvalue weighted by Crippen LogP contribution is -2.08. The van der Waals surface area contributed by atoms with E-state index < -0.39 is 0 Å². The number of carbonyl (C=O) groups excluding carboxylic acids is 2. The van der Waals surface area contributed by atoms with Crippen LogP contribution >= 0.6 is 15.9 Å². The van der Waals surface area contributed by atoms with Crippen LogP contribution in [0, 0.1) is 0 Å². The summed E-state index contributed by atoms with van der Waals surface area (Å²) in [7, 11) is 2.66. The number of methoxy groups -OCH3 is 2. The molecule has 0 N–H and O–H groups in total. The molecule has 0 aliphatic heterocycles. The quantitative estimate of drug-likeness (QED) is 0.662. The fourth-order valence-electron chi connectivity index (χ4n) is 1.39. The number of ether oxygens (including phenoxy) is 4. The van der Waals surface area contributed by atoms with Crippen molar-refractivity contribution in [3.05, 3.63) is 22.7 Å². The van der Waals surface area contributed by atoms with Crippen LogP contribution in [0.4, 0.5) is 0 Å². The highest BCUT2D eigenvalue weighted by atomic mass is 79.9. The van der Waals surface area contributed by atoms with Crippen LogP contribution in [0.3, 0.4) is 0 Å². The Morgan fingerprint density at radius 3 is 2.10 bits per heavy atom. The fourth-order valence-corrected chi connectivity index (χ4v) is 1.86. The van der Waals surface area contributed by atoms with Crippen LogP contribution in [0.25, 0.3) is 0 Å². The van der Waals surface area contributed by atoms with Crippen molar-refractivity contribution in [3.63, 3.8) is 0 Å². The van der Waals surface area contributed by atoms with Crippen LogP contribution < -0.4 is 9.47 Å². The maximum atomic E-state index is 11.0. The minimum atomic E-state index is -0.325. The van der Waals surface area contributed by atoms with E-state index >= 15 is 0 Å². The Balaban J connectivity index is 2.44. The number of hydrogen-bond acceptors (Lipinski definition) is 6. The third-order valence-corrected chi connectivity index (χ3v) is 3.12. The van der Waals surface area contributed by atoms with E-state index in [1.807, 2.05) is 0 Å². The summed E-state index contributed by atoms with van der Waals surface area (Å²) in [5.41, 5.74) is 0. The molecule has 0 amide bonds. The normalized spacial score (nSPS) is 9.86. The van der Waals surface area contributed by atoms with Gasteiger partial charge in [0.25, 0.3) is 0 Å². The zero-order valence-electron chi connectivity index (χ0n) is 11.9. The van der Waals surface area contributed by atoms with Crippen LogP contribution in [0.1, 0.15) is 12.8 Å². The standard InChI is InChI=1S/C14H17BrO6/c1-18-13(16)5-7-20-10-3-4-12(11(15)9-10)21-8-6-14(17)19-2/h3-4,9H,5-8H2,1-2H3. The lowest BCUT2D eigenvalue weighted by molar-refractivity contribution is -0.142. The van der Waals surface area contributed by atoms with E-state index in [2.05, 4.69) is 25.4 Å². The first kappa shape index (κ1) is 17.3. The molecule has 0 radical (unpaired) electrons. The maximum Gasteiger partial charge on any atom is 0.308 e. The maximum absolute atomic E-state index is 11.0. The van der Waals surface area contributed by atoms with Gasteiger partial charge in [-0.2, -0.15) is 0 Å². The predicted molar refractivity (Wildman–Crippen MR) is 78.4 cm³/mol. The summed E-state index contributed by atoms with van der Waals surface area (Å²) in [6.07, 6.45) is 0.367. The van der Waals surface area contributed by atoms with E-state index in [4.69, 9.17) is 9.47 Å². The Morgan fingerprint density at radius 2 is 1.57 bits per heavy atom. The molecule has 0 bridgehead atoms. The Morgan fingerprint density at radius 1 is 1.00 bits per heavy atom. The van der Waals surface area contributed by atoms with Gasteiger partial charge in [-0.25, -0.2) is 0 Å². The summed E-state index contributed by atoms with van der Waals surface area (Å²) >= 11 is 3.35. The summed E-state index contributed by atoms with van der Waals surface area (Å²) < 4.78 is 20.6. The van der Waals surface area contributed by atoms with Crippen molar-refractivity contribution in [2.24, 2.45) is 0 Å². The molecule has 6 nitrogen and oxygen atoms in total. The average molecular weight is 361 g/mol. The second kappa shape index (κ2) is 9.23. The molecular formula is C14H17BrO6. The molecular weight excluding hydrogens is 344 g/mol. The monoisotopic (exact) mass is 360 g/mol. The van der Waals surface area contributed by atoms with Gasteiger partial charge in [-0.3, -0.25) is 9.59 Å². The van der Waals surface area contributed by atoms with E-state index in [0.29, 0.717) is 16.0 Å². The molecule has 1 aromatic carbocycles. The summed E-state index contributed by atoms with van der Waals surface area (Å²) in [4.78, 5) is 21.9. The summed E-state index contributed by atoms with van der Waals surface area (Å²) in [6.45, 7) is 0.468. The number of carbonyl (C=O) groups is 2. The molecule has 1 aromatic rings. The van der Waals surface area contributed by atoms with Crippen LogP contribution in [0.15, 0.2) is 22.7 Å². The number of hydrogen-bond donors (Lipinski definition) is 0. The van der Waals surface area contributed by atoms with Crippen molar-refractivity contribution in [1.82, 2.24) is 0 Å². The van der Waals surface area contributed by atoms with Gasteiger partial charge in [-0.05, 0) is 34.1 Å². The van der Waals surface area contributed by atoms with Gasteiger partial charge in [0.2, 0.25) is 0 Å². The molecule has 7 heteroatoms. The molecule has 0 spiro atoms. The topological polar surface area (TPSA) is 71.1 Å². The molecule has 0 unspecified atom stereocenters. The number of esters is 2.